The molecule has 0 heterocycles. The quantitative estimate of drug-likeness (QED) is 0.451. The lowest BCUT2D eigenvalue weighted by atomic mass is 9.84. The van der Waals surface area contributed by atoms with Gasteiger partial charge in [0.1, 0.15) is 0 Å². The summed E-state index contributed by atoms with van der Waals surface area (Å²) < 4.78 is 0. The van der Waals surface area contributed by atoms with Crippen molar-refractivity contribution in [3.63, 3.8) is 0 Å². The van der Waals surface area contributed by atoms with Crippen LogP contribution in [-0.2, 0) is 4.79 Å². The van der Waals surface area contributed by atoms with Crippen LogP contribution in [-0.4, -0.2) is 40.4 Å². The van der Waals surface area contributed by atoms with Crippen LogP contribution >= 0.6 is 0 Å². The Bertz CT molecular complexity index is 601. The van der Waals surface area contributed by atoms with Gasteiger partial charge in [0.05, 0.1) is 12.1 Å². The Hall–Kier alpha value is -2.12. The minimum Gasteiger partial charge on any atom is -0.465 e. The van der Waals surface area contributed by atoms with Crippen molar-refractivity contribution >= 4 is 12.0 Å². The number of hydrogen-bond acceptors (Lipinski definition) is 4. The molecule has 0 aliphatic rings. The highest BCUT2D eigenvalue weighted by Crippen LogP contribution is 2.22. The average Bonchev–Trinajstić information content (AvgIpc) is 2.59. The van der Waals surface area contributed by atoms with Gasteiger partial charge >= 0.3 is 6.09 Å². The van der Waals surface area contributed by atoms with Crippen molar-refractivity contribution in [2.24, 2.45) is 11.1 Å². The standard InChI is InChI=1S/C20H33N3O4/c1-13(14-9-6-5-7-10-14)22-18(25)17(24)15(23-19(26)27)11-8-12-16(21)20(2,3)4/h5-7,9-10,13,15-17,23-24H,8,11-12,21H2,1-4H3,(H,22,25)(H,26,27)/t13-,15+,16?,17?/m1/s1. The molecule has 7 heteroatoms. The topological polar surface area (TPSA) is 125 Å². The van der Waals surface area contributed by atoms with Gasteiger partial charge < -0.3 is 26.6 Å². The van der Waals surface area contributed by atoms with Crippen molar-refractivity contribution in [1.29, 1.82) is 0 Å². The maximum atomic E-state index is 12.4. The van der Waals surface area contributed by atoms with Gasteiger partial charge in [0.2, 0.25) is 0 Å². The molecular formula is C20H33N3O4. The summed E-state index contributed by atoms with van der Waals surface area (Å²) in [5, 5.41) is 24.4. The van der Waals surface area contributed by atoms with Crippen LogP contribution in [0.25, 0.3) is 0 Å². The third-order valence-electron chi connectivity index (χ3n) is 4.76. The molecule has 152 valence electrons. The zero-order chi connectivity index (χ0) is 20.6. The predicted molar refractivity (Wildman–Crippen MR) is 105 cm³/mol. The van der Waals surface area contributed by atoms with Crippen molar-refractivity contribution < 1.29 is 19.8 Å². The van der Waals surface area contributed by atoms with Gasteiger partial charge in [-0.25, -0.2) is 4.79 Å². The number of aliphatic hydroxyl groups is 1. The molecule has 0 saturated heterocycles. The highest BCUT2D eigenvalue weighted by atomic mass is 16.4. The number of rotatable bonds is 9. The summed E-state index contributed by atoms with van der Waals surface area (Å²) in [6.45, 7) is 7.93. The van der Waals surface area contributed by atoms with Crippen LogP contribution in [0.2, 0.25) is 0 Å². The molecule has 2 unspecified atom stereocenters. The Morgan fingerprint density at radius 2 is 1.70 bits per heavy atom. The SMILES string of the molecule is C[C@@H](NC(=O)C(O)[C@H](CCCC(N)C(C)(C)C)NC(=O)O)c1ccccc1. The molecule has 0 radical (unpaired) electrons. The fourth-order valence-corrected chi connectivity index (χ4v) is 2.76. The first-order valence-corrected chi connectivity index (χ1v) is 9.30. The van der Waals surface area contributed by atoms with Crippen molar-refractivity contribution in [1.82, 2.24) is 10.6 Å². The fraction of sp³-hybridized carbons (Fsp3) is 0.600. The first kappa shape index (κ1) is 22.9. The van der Waals surface area contributed by atoms with Gasteiger partial charge in [-0.15, -0.1) is 0 Å². The summed E-state index contributed by atoms with van der Waals surface area (Å²) in [4.78, 5) is 23.4. The molecule has 27 heavy (non-hydrogen) atoms. The van der Waals surface area contributed by atoms with Gasteiger partial charge in [-0.3, -0.25) is 4.79 Å². The Balaban J connectivity index is 2.66. The summed E-state index contributed by atoms with van der Waals surface area (Å²) in [6.07, 6.45) is -1.15. The second-order valence-corrected chi connectivity index (χ2v) is 8.05. The van der Waals surface area contributed by atoms with Crippen LogP contribution in [0.3, 0.4) is 0 Å². The van der Waals surface area contributed by atoms with Gasteiger partial charge in [0.25, 0.3) is 5.91 Å². The van der Waals surface area contributed by atoms with E-state index in [0.29, 0.717) is 19.3 Å². The molecule has 1 rings (SSSR count). The Labute approximate surface area is 161 Å². The molecule has 1 aromatic carbocycles. The third-order valence-corrected chi connectivity index (χ3v) is 4.76. The van der Waals surface area contributed by atoms with Crippen LogP contribution in [0.1, 0.15) is 58.6 Å². The number of aliphatic hydroxyl groups excluding tert-OH is 1. The minimum absolute atomic E-state index is 0.0490. The van der Waals surface area contributed by atoms with E-state index in [1.807, 2.05) is 58.0 Å². The van der Waals surface area contributed by atoms with Gasteiger partial charge in [0.15, 0.2) is 6.10 Å². The van der Waals surface area contributed by atoms with Crippen LogP contribution in [0, 0.1) is 5.41 Å². The maximum Gasteiger partial charge on any atom is 0.404 e. The van der Waals surface area contributed by atoms with E-state index in [9.17, 15) is 14.7 Å². The van der Waals surface area contributed by atoms with Gasteiger partial charge in [-0.2, -0.15) is 0 Å². The van der Waals surface area contributed by atoms with Crippen LogP contribution < -0.4 is 16.4 Å². The molecular weight excluding hydrogens is 346 g/mol. The average molecular weight is 380 g/mol. The molecule has 0 saturated carbocycles. The van der Waals surface area contributed by atoms with Gasteiger partial charge in [-0.1, -0.05) is 51.1 Å². The van der Waals surface area contributed by atoms with Crippen molar-refractivity contribution in [2.45, 2.75) is 71.2 Å². The van der Waals surface area contributed by atoms with E-state index in [2.05, 4.69) is 10.6 Å². The number of benzene rings is 1. The molecule has 0 aromatic heterocycles. The first-order chi connectivity index (χ1) is 12.5. The van der Waals surface area contributed by atoms with Crippen LogP contribution in [0.15, 0.2) is 30.3 Å². The van der Waals surface area contributed by atoms with Crippen molar-refractivity contribution in [2.75, 3.05) is 0 Å². The number of hydrogen-bond donors (Lipinski definition) is 5. The van der Waals surface area contributed by atoms with Gasteiger partial charge in [0, 0.05) is 6.04 Å². The van der Waals surface area contributed by atoms with E-state index in [4.69, 9.17) is 10.8 Å². The normalized spacial score (nSPS) is 16.1. The Morgan fingerprint density at radius 1 is 1.11 bits per heavy atom. The molecule has 0 fully saturated rings. The number of carbonyl (C=O) groups is 2. The zero-order valence-electron chi connectivity index (χ0n) is 16.6. The lowest BCUT2D eigenvalue weighted by Gasteiger charge is -2.28. The van der Waals surface area contributed by atoms with Crippen molar-refractivity contribution in [3.05, 3.63) is 35.9 Å². The smallest absolute Gasteiger partial charge is 0.404 e. The lowest BCUT2D eigenvalue weighted by molar-refractivity contribution is -0.131. The maximum absolute atomic E-state index is 12.4. The zero-order valence-corrected chi connectivity index (χ0v) is 16.6. The molecule has 4 atom stereocenters. The summed E-state index contributed by atoms with van der Waals surface area (Å²) in [5.41, 5.74) is 6.97. The summed E-state index contributed by atoms with van der Waals surface area (Å²) in [5.74, 6) is -0.606. The second-order valence-electron chi connectivity index (χ2n) is 8.05. The highest BCUT2D eigenvalue weighted by Gasteiger charge is 2.29. The molecule has 0 aliphatic heterocycles. The van der Waals surface area contributed by atoms with Gasteiger partial charge in [-0.05, 0) is 37.2 Å². The second kappa shape index (κ2) is 10.3. The molecule has 6 N–H and O–H groups in total. The number of nitrogens with two attached hydrogens (primary N) is 1. The summed E-state index contributed by atoms with van der Waals surface area (Å²) in [6, 6.07) is 8.11. The number of carboxylic acid groups (broad SMARTS) is 1. The number of amides is 2. The molecule has 1 aromatic rings. The Morgan fingerprint density at radius 3 is 2.22 bits per heavy atom. The highest BCUT2D eigenvalue weighted by molar-refractivity contribution is 5.82. The Kier molecular flexibility index (Phi) is 8.72. The predicted octanol–water partition coefficient (Wildman–Crippen LogP) is 2.40. The summed E-state index contributed by atoms with van der Waals surface area (Å²) in [7, 11) is 0. The van der Waals surface area contributed by atoms with E-state index in [-0.39, 0.29) is 17.5 Å². The molecule has 0 bridgehead atoms. The van der Waals surface area contributed by atoms with E-state index >= 15 is 0 Å². The van der Waals surface area contributed by atoms with E-state index in [1.54, 1.807) is 0 Å². The van der Waals surface area contributed by atoms with E-state index in [0.717, 1.165) is 5.56 Å². The minimum atomic E-state index is -1.47. The largest absolute Gasteiger partial charge is 0.465 e. The molecule has 0 aliphatic carbocycles. The first-order valence-electron chi connectivity index (χ1n) is 9.30. The fourth-order valence-electron chi connectivity index (χ4n) is 2.76. The van der Waals surface area contributed by atoms with Crippen LogP contribution in [0.5, 0.6) is 0 Å². The van der Waals surface area contributed by atoms with E-state index in [1.165, 1.54) is 0 Å². The summed E-state index contributed by atoms with van der Waals surface area (Å²) >= 11 is 0. The van der Waals surface area contributed by atoms with E-state index < -0.39 is 24.1 Å². The number of carbonyl (C=O) groups excluding carboxylic acids is 1. The lowest BCUT2D eigenvalue weighted by Crippen LogP contribution is -2.50. The monoisotopic (exact) mass is 379 g/mol. The third kappa shape index (κ3) is 7.97. The number of nitrogens with one attached hydrogen (secondary N) is 2. The molecule has 2 amide bonds. The molecule has 0 spiro atoms. The van der Waals surface area contributed by atoms with Crippen molar-refractivity contribution in [3.8, 4) is 0 Å². The molecule has 7 nitrogen and oxygen atoms in total. The van der Waals surface area contributed by atoms with Crippen LogP contribution in [0.4, 0.5) is 4.79 Å².